The highest BCUT2D eigenvalue weighted by molar-refractivity contribution is 5.88. The van der Waals surface area contributed by atoms with Gasteiger partial charge in [-0.1, -0.05) is 6.07 Å². The minimum absolute atomic E-state index is 0.0638. The van der Waals surface area contributed by atoms with Gasteiger partial charge < -0.3 is 14.4 Å². The summed E-state index contributed by atoms with van der Waals surface area (Å²) in [5.74, 6) is 0.593. The van der Waals surface area contributed by atoms with Crippen molar-refractivity contribution in [3.05, 3.63) is 23.9 Å². The van der Waals surface area contributed by atoms with Gasteiger partial charge >= 0.3 is 12.2 Å². The Labute approximate surface area is 179 Å². The van der Waals surface area contributed by atoms with Gasteiger partial charge in [-0.3, -0.25) is 4.90 Å². The van der Waals surface area contributed by atoms with E-state index in [-0.39, 0.29) is 24.3 Å². The van der Waals surface area contributed by atoms with Crippen LogP contribution in [0.15, 0.2) is 18.3 Å². The number of likely N-dealkylation sites (tertiary alicyclic amines) is 1. The Morgan fingerprint density at radius 1 is 1.00 bits per heavy atom. The highest BCUT2D eigenvalue weighted by Gasteiger charge is 2.37. The molecule has 0 unspecified atom stereocenters. The number of carbonyl (C=O) groups is 2. The smallest absolute Gasteiger partial charge is 0.416 e. The second-order valence-corrected chi connectivity index (χ2v) is 10.2. The van der Waals surface area contributed by atoms with Crippen molar-refractivity contribution in [1.29, 1.82) is 0 Å². The number of hydrogen-bond acceptors (Lipinski definition) is 5. The van der Waals surface area contributed by atoms with E-state index in [0.29, 0.717) is 12.4 Å². The van der Waals surface area contributed by atoms with E-state index in [2.05, 4.69) is 4.98 Å². The van der Waals surface area contributed by atoms with Gasteiger partial charge in [0.1, 0.15) is 17.0 Å². The zero-order valence-corrected chi connectivity index (χ0v) is 19.1. The molecule has 7 nitrogen and oxygen atoms in total. The van der Waals surface area contributed by atoms with Crippen molar-refractivity contribution in [2.75, 3.05) is 11.4 Å². The average molecular weight is 418 g/mol. The summed E-state index contributed by atoms with van der Waals surface area (Å²) in [6, 6.07) is 3.91. The first-order valence-electron chi connectivity index (χ1n) is 10.9. The van der Waals surface area contributed by atoms with Gasteiger partial charge in [-0.25, -0.2) is 14.6 Å². The molecule has 0 aromatic carbocycles. The van der Waals surface area contributed by atoms with E-state index in [1.54, 1.807) is 16.0 Å². The molecule has 2 aliphatic rings. The topological polar surface area (TPSA) is 72.0 Å². The van der Waals surface area contributed by atoms with Crippen molar-refractivity contribution in [3.63, 3.8) is 0 Å². The second kappa shape index (κ2) is 8.44. The van der Waals surface area contributed by atoms with Crippen molar-refractivity contribution in [2.24, 2.45) is 0 Å². The van der Waals surface area contributed by atoms with Crippen molar-refractivity contribution in [3.8, 4) is 0 Å². The highest BCUT2D eigenvalue weighted by Crippen LogP contribution is 2.35. The molecule has 2 fully saturated rings. The van der Waals surface area contributed by atoms with Crippen molar-refractivity contribution < 1.29 is 19.1 Å². The molecular weight excluding hydrogens is 382 g/mol. The van der Waals surface area contributed by atoms with Crippen LogP contribution in [0.5, 0.6) is 0 Å². The molecule has 2 heterocycles. The van der Waals surface area contributed by atoms with Crippen molar-refractivity contribution in [1.82, 2.24) is 9.88 Å². The summed E-state index contributed by atoms with van der Waals surface area (Å²) < 4.78 is 11.2. The van der Waals surface area contributed by atoms with Crippen LogP contribution < -0.4 is 4.90 Å². The fourth-order valence-electron chi connectivity index (χ4n) is 3.63. The van der Waals surface area contributed by atoms with E-state index < -0.39 is 11.2 Å². The first kappa shape index (κ1) is 22.4. The lowest BCUT2D eigenvalue weighted by Gasteiger charge is -2.37. The maximum Gasteiger partial charge on any atom is 0.416 e. The molecule has 2 amide bonds. The van der Waals surface area contributed by atoms with Gasteiger partial charge in [0.25, 0.3) is 0 Å². The highest BCUT2D eigenvalue weighted by atomic mass is 16.6. The summed E-state index contributed by atoms with van der Waals surface area (Å²) in [6.07, 6.45) is 5.94. The second-order valence-electron chi connectivity index (χ2n) is 10.2. The zero-order valence-electron chi connectivity index (χ0n) is 19.1. The molecular formula is C23H35N3O4. The molecule has 30 heavy (non-hydrogen) atoms. The van der Waals surface area contributed by atoms with Crippen LogP contribution in [0.4, 0.5) is 15.4 Å². The number of amides is 2. The molecule has 7 heteroatoms. The van der Waals surface area contributed by atoms with Crippen LogP contribution in [0.3, 0.4) is 0 Å². The van der Waals surface area contributed by atoms with E-state index in [0.717, 1.165) is 37.7 Å². The van der Waals surface area contributed by atoms with Gasteiger partial charge in [0.2, 0.25) is 0 Å². The molecule has 0 bridgehead atoms. The molecule has 1 saturated heterocycles. The van der Waals surface area contributed by atoms with Gasteiger partial charge in [0, 0.05) is 18.8 Å². The first-order chi connectivity index (χ1) is 13.9. The van der Waals surface area contributed by atoms with Crippen molar-refractivity contribution >= 4 is 18.0 Å². The molecule has 0 N–H and O–H groups in total. The van der Waals surface area contributed by atoms with Crippen LogP contribution in [-0.4, -0.2) is 45.9 Å². The monoisotopic (exact) mass is 417 g/mol. The number of anilines is 1. The lowest BCUT2D eigenvalue weighted by atomic mass is 9.97. The van der Waals surface area contributed by atoms with E-state index in [1.165, 1.54) is 0 Å². The SMILES string of the molecule is CC(C)(C)OC(=O)N(c1ccc([C@H]2CCCCN2C(=O)OC(C)(C)C)cn1)C1CC1. The summed E-state index contributed by atoms with van der Waals surface area (Å²) >= 11 is 0. The van der Waals surface area contributed by atoms with Crippen LogP contribution in [0, 0.1) is 0 Å². The third-order valence-electron chi connectivity index (χ3n) is 5.04. The maximum atomic E-state index is 12.7. The number of nitrogens with zero attached hydrogens (tertiary/aromatic N) is 3. The molecule has 0 radical (unpaired) electrons. The molecule has 1 aromatic rings. The Morgan fingerprint density at radius 3 is 2.20 bits per heavy atom. The number of piperidine rings is 1. The Balaban J connectivity index is 1.77. The third-order valence-corrected chi connectivity index (χ3v) is 5.04. The Kier molecular flexibility index (Phi) is 6.29. The van der Waals surface area contributed by atoms with Gasteiger partial charge in [0.05, 0.1) is 6.04 Å². The molecule has 1 atom stereocenters. The number of aromatic nitrogens is 1. The van der Waals surface area contributed by atoms with Crippen LogP contribution in [-0.2, 0) is 9.47 Å². The Hall–Kier alpha value is -2.31. The quantitative estimate of drug-likeness (QED) is 0.654. The number of ether oxygens (including phenoxy) is 2. The van der Waals surface area contributed by atoms with Gasteiger partial charge in [-0.05, 0) is 85.3 Å². The molecule has 166 valence electrons. The molecule has 1 aliphatic heterocycles. The summed E-state index contributed by atoms with van der Waals surface area (Å²) in [5, 5.41) is 0. The van der Waals surface area contributed by atoms with Gasteiger partial charge in [-0.2, -0.15) is 0 Å². The van der Waals surface area contributed by atoms with E-state index >= 15 is 0 Å². The number of pyridine rings is 1. The lowest BCUT2D eigenvalue weighted by molar-refractivity contribution is 0.00947. The van der Waals surface area contributed by atoms with E-state index in [4.69, 9.17) is 9.47 Å². The zero-order chi connectivity index (χ0) is 22.1. The summed E-state index contributed by atoms with van der Waals surface area (Å²) in [6.45, 7) is 11.9. The van der Waals surface area contributed by atoms with Crippen LogP contribution in [0.2, 0.25) is 0 Å². The fraction of sp³-hybridized carbons (Fsp3) is 0.696. The molecule has 3 rings (SSSR count). The normalized spacial score (nSPS) is 19.9. The summed E-state index contributed by atoms with van der Waals surface area (Å²) in [7, 11) is 0. The fourth-order valence-corrected chi connectivity index (χ4v) is 3.63. The maximum absolute atomic E-state index is 12.7. The van der Waals surface area contributed by atoms with Crippen molar-refractivity contribution in [2.45, 2.75) is 96.9 Å². The standard InChI is InChI=1S/C23H35N3O4/c1-22(2,3)29-20(27)25-14-8-7-9-18(25)16-10-13-19(24-15-16)26(17-11-12-17)21(28)30-23(4,5)6/h10,13,15,17-18H,7-9,11-12,14H2,1-6H3/t18-/m1/s1. The molecule has 1 aliphatic carbocycles. The van der Waals surface area contributed by atoms with Crippen LogP contribution in [0.1, 0.15) is 85.3 Å². The van der Waals surface area contributed by atoms with E-state index in [9.17, 15) is 9.59 Å². The third kappa shape index (κ3) is 5.86. The first-order valence-corrected chi connectivity index (χ1v) is 10.9. The van der Waals surface area contributed by atoms with Crippen LogP contribution in [0.25, 0.3) is 0 Å². The Morgan fingerprint density at radius 2 is 1.67 bits per heavy atom. The predicted octanol–water partition coefficient (Wildman–Crippen LogP) is 5.45. The summed E-state index contributed by atoms with van der Waals surface area (Å²) in [4.78, 5) is 33.4. The van der Waals surface area contributed by atoms with Crippen LogP contribution >= 0.6 is 0 Å². The minimum Gasteiger partial charge on any atom is -0.444 e. The average Bonchev–Trinajstić information content (AvgIpc) is 3.44. The molecule has 1 saturated carbocycles. The summed E-state index contributed by atoms with van der Waals surface area (Å²) in [5.41, 5.74) is -0.122. The molecule has 0 spiro atoms. The number of hydrogen-bond donors (Lipinski definition) is 0. The number of carbonyl (C=O) groups excluding carboxylic acids is 2. The van der Waals surface area contributed by atoms with Gasteiger partial charge in [-0.15, -0.1) is 0 Å². The predicted molar refractivity (Wildman–Crippen MR) is 116 cm³/mol. The minimum atomic E-state index is -0.555. The van der Waals surface area contributed by atoms with Gasteiger partial charge in [0.15, 0.2) is 0 Å². The Bertz CT molecular complexity index is 760. The largest absolute Gasteiger partial charge is 0.444 e. The lowest BCUT2D eigenvalue weighted by Crippen LogP contribution is -2.42. The molecule has 1 aromatic heterocycles. The number of rotatable bonds is 3. The van der Waals surface area contributed by atoms with E-state index in [1.807, 2.05) is 53.7 Å².